The lowest BCUT2D eigenvalue weighted by molar-refractivity contribution is -0.133. The number of carbonyl (C=O) groups is 1. The van der Waals surface area contributed by atoms with Crippen molar-refractivity contribution in [3.63, 3.8) is 0 Å². The number of fused-ring (bicyclic) bond motifs is 2. The van der Waals surface area contributed by atoms with Gasteiger partial charge in [0.25, 0.3) is 0 Å². The summed E-state index contributed by atoms with van der Waals surface area (Å²) in [6.45, 7) is 13.5. The predicted molar refractivity (Wildman–Crippen MR) is 125 cm³/mol. The Kier molecular flexibility index (Phi) is 6.34. The second-order valence-corrected chi connectivity index (χ2v) is 9.55. The van der Waals surface area contributed by atoms with Crippen molar-refractivity contribution in [1.82, 2.24) is 15.1 Å². The van der Waals surface area contributed by atoms with Crippen LogP contribution in [0.5, 0.6) is 5.75 Å². The number of nitrogens with one attached hydrogen (secondary N) is 1. The van der Waals surface area contributed by atoms with E-state index < -0.39 is 0 Å². The van der Waals surface area contributed by atoms with E-state index in [1.165, 1.54) is 11.3 Å². The van der Waals surface area contributed by atoms with E-state index in [-0.39, 0.29) is 17.4 Å². The number of likely N-dealkylation sites (tertiary alicyclic amines) is 1. The molecule has 1 amide bonds. The summed E-state index contributed by atoms with van der Waals surface area (Å²) in [5.41, 5.74) is 2.65. The molecule has 2 fully saturated rings. The number of ether oxygens (including phenoxy) is 1. The number of carbonyl (C=O) groups excluding carboxylic acids is 1. The lowest BCUT2D eigenvalue weighted by Crippen LogP contribution is -2.51. The molecule has 0 saturated carbocycles. The number of methoxy groups -OCH3 is 1. The van der Waals surface area contributed by atoms with Crippen LogP contribution in [-0.2, 0) is 10.2 Å². The number of benzene rings is 1. The van der Waals surface area contributed by atoms with Crippen LogP contribution in [0, 0.1) is 17.8 Å². The number of hydrogen-bond acceptors (Lipinski definition) is 4. The van der Waals surface area contributed by atoms with E-state index >= 15 is 0 Å². The zero-order valence-electron chi connectivity index (χ0n) is 19.9. The smallest absolute Gasteiger partial charge is 0.245 e. The molecule has 170 valence electrons. The summed E-state index contributed by atoms with van der Waals surface area (Å²) >= 11 is 0. The van der Waals surface area contributed by atoms with Crippen LogP contribution in [-0.4, -0.2) is 61.6 Å². The van der Waals surface area contributed by atoms with Gasteiger partial charge in [-0.1, -0.05) is 32.1 Å². The number of hydrogen-bond donors (Lipinski definition) is 1. The van der Waals surface area contributed by atoms with Gasteiger partial charge in [-0.25, -0.2) is 0 Å². The molecule has 5 unspecified atom stereocenters. The third kappa shape index (κ3) is 3.75. The number of rotatable bonds is 6. The molecule has 5 nitrogen and oxygen atoms in total. The first-order valence-corrected chi connectivity index (χ1v) is 12.1. The summed E-state index contributed by atoms with van der Waals surface area (Å²) in [4.78, 5) is 17.8. The van der Waals surface area contributed by atoms with Crippen LogP contribution in [0.3, 0.4) is 0 Å². The second kappa shape index (κ2) is 8.85. The van der Waals surface area contributed by atoms with Gasteiger partial charge in [-0.3, -0.25) is 4.79 Å². The Morgan fingerprint density at radius 1 is 1.29 bits per heavy atom. The first-order chi connectivity index (χ1) is 15.0. The summed E-state index contributed by atoms with van der Waals surface area (Å²) < 4.78 is 5.57. The summed E-state index contributed by atoms with van der Waals surface area (Å²) in [7, 11) is 1.74. The van der Waals surface area contributed by atoms with Crippen LogP contribution in [0.15, 0.2) is 36.0 Å². The molecule has 4 rings (SSSR count). The van der Waals surface area contributed by atoms with Crippen LogP contribution >= 0.6 is 0 Å². The molecule has 0 bridgehead atoms. The molecule has 31 heavy (non-hydrogen) atoms. The van der Waals surface area contributed by atoms with Crippen molar-refractivity contribution >= 4 is 5.91 Å². The summed E-state index contributed by atoms with van der Waals surface area (Å²) in [6.07, 6.45) is 4.76. The number of amides is 1. The molecule has 0 spiro atoms. The van der Waals surface area contributed by atoms with Crippen molar-refractivity contribution < 1.29 is 9.53 Å². The largest absolute Gasteiger partial charge is 0.497 e. The second-order valence-electron chi connectivity index (χ2n) is 9.55. The number of likely N-dealkylation sites (N-methyl/N-ethyl adjacent to an activating group) is 1. The highest BCUT2D eigenvalue weighted by molar-refractivity contribution is 5.83. The first kappa shape index (κ1) is 22.2. The van der Waals surface area contributed by atoms with Gasteiger partial charge in [0.1, 0.15) is 11.8 Å². The zero-order valence-corrected chi connectivity index (χ0v) is 19.9. The van der Waals surface area contributed by atoms with Gasteiger partial charge in [0, 0.05) is 36.7 Å². The van der Waals surface area contributed by atoms with Gasteiger partial charge in [0.2, 0.25) is 5.91 Å². The van der Waals surface area contributed by atoms with Crippen LogP contribution in [0.1, 0.15) is 46.1 Å². The van der Waals surface area contributed by atoms with Gasteiger partial charge in [0.05, 0.1) is 7.11 Å². The maximum Gasteiger partial charge on any atom is 0.245 e. The third-order valence-electron chi connectivity index (χ3n) is 8.28. The standard InChI is InChI=1S/C26H39N3O2/c1-6-28-13-12-26(19-10-9-11-21(14-19)31-5)16-23-22(15-20(26)17-28)18(4)24(27-23)25(30)29(7-2)8-3/h9-11,14,16,18,20,22,24,27H,6-8,12-13,15,17H2,1-5H3. The van der Waals surface area contributed by atoms with E-state index in [0.29, 0.717) is 17.8 Å². The molecular formula is C26H39N3O2. The number of piperidine rings is 1. The van der Waals surface area contributed by atoms with Crippen molar-refractivity contribution in [2.45, 2.75) is 52.0 Å². The molecule has 1 aromatic rings. The van der Waals surface area contributed by atoms with E-state index in [1.54, 1.807) is 7.11 Å². The van der Waals surface area contributed by atoms with Crippen molar-refractivity contribution in [3.8, 4) is 5.75 Å². The summed E-state index contributed by atoms with van der Waals surface area (Å²) in [5.74, 6) is 2.48. The normalized spacial score (nSPS) is 32.5. The lowest BCUT2D eigenvalue weighted by atomic mass is 9.59. The lowest BCUT2D eigenvalue weighted by Gasteiger charge is -2.50. The highest BCUT2D eigenvalue weighted by Gasteiger charge is 2.52. The van der Waals surface area contributed by atoms with E-state index in [4.69, 9.17) is 4.74 Å². The molecule has 2 saturated heterocycles. The average Bonchev–Trinajstić information content (AvgIpc) is 3.12. The quantitative estimate of drug-likeness (QED) is 0.756. The molecule has 5 heteroatoms. The van der Waals surface area contributed by atoms with Crippen LogP contribution < -0.4 is 10.1 Å². The molecule has 1 N–H and O–H groups in total. The number of allylic oxidation sites excluding steroid dienone is 2. The van der Waals surface area contributed by atoms with E-state index in [0.717, 1.165) is 51.3 Å². The minimum Gasteiger partial charge on any atom is -0.497 e. The number of nitrogens with zero attached hydrogens (tertiary/aromatic N) is 2. The molecule has 3 aliphatic rings. The molecule has 0 aromatic heterocycles. The summed E-state index contributed by atoms with van der Waals surface area (Å²) in [6, 6.07) is 8.53. The molecular weight excluding hydrogens is 386 g/mol. The molecule has 0 radical (unpaired) electrons. The fraction of sp³-hybridized carbons (Fsp3) is 0.654. The Morgan fingerprint density at radius 3 is 2.74 bits per heavy atom. The Hall–Kier alpha value is -2.01. The van der Waals surface area contributed by atoms with Crippen molar-refractivity contribution in [3.05, 3.63) is 41.6 Å². The van der Waals surface area contributed by atoms with Crippen LogP contribution in [0.4, 0.5) is 0 Å². The molecule has 5 atom stereocenters. The van der Waals surface area contributed by atoms with Crippen molar-refractivity contribution in [2.24, 2.45) is 17.8 Å². The van der Waals surface area contributed by atoms with E-state index in [2.05, 4.69) is 62.2 Å². The molecule has 1 aliphatic carbocycles. The van der Waals surface area contributed by atoms with Gasteiger partial charge in [-0.05, 0) is 69.3 Å². The Morgan fingerprint density at radius 2 is 2.06 bits per heavy atom. The van der Waals surface area contributed by atoms with Crippen LogP contribution in [0.25, 0.3) is 0 Å². The fourth-order valence-corrected chi connectivity index (χ4v) is 6.28. The van der Waals surface area contributed by atoms with Crippen molar-refractivity contribution in [1.29, 1.82) is 0 Å². The average molecular weight is 426 g/mol. The van der Waals surface area contributed by atoms with Gasteiger partial charge < -0.3 is 19.9 Å². The van der Waals surface area contributed by atoms with Crippen LogP contribution in [0.2, 0.25) is 0 Å². The van der Waals surface area contributed by atoms with Gasteiger partial charge >= 0.3 is 0 Å². The third-order valence-corrected chi connectivity index (χ3v) is 8.28. The highest BCUT2D eigenvalue weighted by Crippen LogP contribution is 2.52. The van der Waals surface area contributed by atoms with E-state index in [1.807, 2.05) is 11.0 Å². The van der Waals surface area contributed by atoms with Gasteiger partial charge in [-0.2, -0.15) is 0 Å². The first-order valence-electron chi connectivity index (χ1n) is 12.1. The Balaban J connectivity index is 1.72. The van der Waals surface area contributed by atoms with Crippen molar-refractivity contribution in [2.75, 3.05) is 39.8 Å². The predicted octanol–water partition coefficient (Wildman–Crippen LogP) is 3.65. The highest BCUT2D eigenvalue weighted by atomic mass is 16.5. The zero-order chi connectivity index (χ0) is 22.2. The monoisotopic (exact) mass is 425 g/mol. The minimum atomic E-state index is -0.110. The SMILES string of the molecule is CCN1CCC2(c3cccc(OC)c3)C=C3NC(C(=O)N(CC)CC)C(C)C3CC2C1. The topological polar surface area (TPSA) is 44.8 Å². The molecule has 2 aliphatic heterocycles. The summed E-state index contributed by atoms with van der Waals surface area (Å²) in [5, 5.41) is 3.70. The van der Waals surface area contributed by atoms with Gasteiger partial charge in [0.15, 0.2) is 0 Å². The Labute approximate surface area is 187 Å². The van der Waals surface area contributed by atoms with E-state index in [9.17, 15) is 4.79 Å². The fourth-order valence-electron chi connectivity index (χ4n) is 6.28. The van der Waals surface area contributed by atoms with Gasteiger partial charge in [-0.15, -0.1) is 0 Å². The molecule has 2 heterocycles. The maximum atomic E-state index is 13.2. The maximum absolute atomic E-state index is 13.2. The minimum absolute atomic E-state index is 0.00585. The Bertz CT molecular complexity index is 834. The molecule has 1 aromatic carbocycles.